The van der Waals surface area contributed by atoms with Crippen LogP contribution in [0.15, 0.2) is 42.9 Å². The van der Waals surface area contributed by atoms with E-state index in [-0.39, 0.29) is 30.1 Å². The van der Waals surface area contributed by atoms with Crippen molar-refractivity contribution in [3.8, 4) is 16.9 Å². The zero-order chi connectivity index (χ0) is 33.2. The second-order valence-electron chi connectivity index (χ2n) is 12.9. The number of piperazine rings is 1. The predicted octanol–water partition coefficient (Wildman–Crippen LogP) is 6.28. The Hall–Kier alpha value is -4.30. The van der Waals surface area contributed by atoms with Gasteiger partial charge in [-0.05, 0) is 38.1 Å². The lowest BCUT2D eigenvalue weighted by molar-refractivity contribution is 0.0899. The van der Waals surface area contributed by atoms with E-state index < -0.39 is 25.8 Å². The van der Waals surface area contributed by atoms with Crippen molar-refractivity contribution >= 4 is 36.8 Å². The molecule has 1 saturated heterocycles. The fourth-order valence-corrected chi connectivity index (χ4v) is 6.63. The Morgan fingerprint density at radius 3 is 2.52 bits per heavy atom. The highest BCUT2D eigenvalue weighted by atomic mass is 28.3. The minimum Gasteiger partial charge on any atom is -0.493 e. The van der Waals surface area contributed by atoms with Crippen LogP contribution in [0.2, 0.25) is 25.7 Å². The third-order valence-corrected chi connectivity index (χ3v) is 9.78. The molecule has 1 aliphatic heterocycles. The molecule has 11 nitrogen and oxygen atoms in total. The van der Waals surface area contributed by atoms with E-state index in [2.05, 4.69) is 39.8 Å². The summed E-state index contributed by atoms with van der Waals surface area (Å²) in [4.78, 5) is 29.1. The van der Waals surface area contributed by atoms with Gasteiger partial charge in [-0.25, -0.2) is 28.5 Å². The number of ether oxygens (including phenoxy) is 2. The van der Waals surface area contributed by atoms with Crippen LogP contribution in [-0.2, 0) is 18.0 Å². The quantitative estimate of drug-likeness (QED) is 0.142. The third kappa shape index (κ3) is 7.23. The molecule has 3 aromatic heterocycles. The van der Waals surface area contributed by atoms with Crippen LogP contribution in [0.25, 0.3) is 22.2 Å². The molecular formula is C32H41F2N7O4Si. The largest absolute Gasteiger partial charge is 0.493 e. The first-order valence-electron chi connectivity index (χ1n) is 15.3. The summed E-state index contributed by atoms with van der Waals surface area (Å²) in [5.74, 6) is -0.434. The molecule has 0 saturated carbocycles. The highest BCUT2D eigenvalue weighted by molar-refractivity contribution is 6.76. The molecule has 0 spiro atoms. The van der Waals surface area contributed by atoms with E-state index in [9.17, 15) is 18.7 Å². The van der Waals surface area contributed by atoms with Crippen LogP contribution in [-0.4, -0.2) is 82.6 Å². The number of hydrogen-bond donors (Lipinski definition) is 2. The number of fused-ring (bicyclic) bond motifs is 1. The van der Waals surface area contributed by atoms with Crippen LogP contribution in [0.1, 0.15) is 19.5 Å². The van der Waals surface area contributed by atoms with Gasteiger partial charge in [-0.3, -0.25) is 4.90 Å². The Kier molecular flexibility index (Phi) is 9.77. The molecule has 4 heterocycles. The zero-order valence-electron chi connectivity index (χ0n) is 27.0. The van der Waals surface area contributed by atoms with Crippen molar-refractivity contribution in [3.63, 3.8) is 0 Å². The predicted molar refractivity (Wildman–Crippen MR) is 176 cm³/mol. The summed E-state index contributed by atoms with van der Waals surface area (Å²) in [6.07, 6.45) is 2.27. The van der Waals surface area contributed by atoms with Crippen molar-refractivity contribution in [2.24, 2.45) is 0 Å². The molecule has 0 aliphatic carbocycles. The average Bonchev–Trinajstić information content (AvgIpc) is 3.36. The number of nitrogens with one attached hydrogen (secondary N) is 1. The van der Waals surface area contributed by atoms with Gasteiger partial charge in [-0.2, -0.15) is 0 Å². The highest BCUT2D eigenvalue weighted by Gasteiger charge is 2.33. The molecule has 2 atom stereocenters. The molecule has 1 fully saturated rings. The smallest absolute Gasteiger partial charge is 0.407 e. The molecule has 14 heteroatoms. The van der Waals surface area contributed by atoms with Gasteiger partial charge < -0.3 is 29.4 Å². The Labute approximate surface area is 268 Å². The van der Waals surface area contributed by atoms with Gasteiger partial charge in [0.2, 0.25) is 0 Å². The summed E-state index contributed by atoms with van der Waals surface area (Å²) in [6, 6.07) is 8.35. The molecule has 2 N–H and O–H groups in total. The summed E-state index contributed by atoms with van der Waals surface area (Å²) < 4.78 is 42.6. The number of hydrogen-bond acceptors (Lipinski definition) is 8. The van der Waals surface area contributed by atoms with Crippen molar-refractivity contribution < 1.29 is 28.2 Å². The molecule has 1 amide bonds. The number of halogens is 2. The molecule has 0 bridgehead atoms. The summed E-state index contributed by atoms with van der Waals surface area (Å²) >= 11 is 0. The normalized spacial score (nSPS) is 17.0. The minimum atomic E-state index is -1.31. The third-order valence-electron chi connectivity index (χ3n) is 8.08. The van der Waals surface area contributed by atoms with Crippen LogP contribution >= 0.6 is 0 Å². The molecule has 5 rings (SSSR count). The zero-order valence-corrected chi connectivity index (χ0v) is 28.0. The topological polar surface area (TPSA) is 118 Å². The Morgan fingerprint density at radius 1 is 1.11 bits per heavy atom. The number of anilines is 2. The monoisotopic (exact) mass is 653 g/mol. The van der Waals surface area contributed by atoms with Crippen molar-refractivity contribution in [3.05, 3.63) is 60.2 Å². The summed E-state index contributed by atoms with van der Waals surface area (Å²) in [5.41, 5.74) is 1.99. The van der Waals surface area contributed by atoms with Gasteiger partial charge in [0, 0.05) is 51.2 Å². The molecular weight excluding hydrogens is 612 g/mol. The van der Waals surface area contributed by atoms with Gasteiger partial charge >= 0.3 is 6.09 Å². The van der Waals surface area contributed by atoms with Crippen LogP contribution < -0.4 is 15.0 Å². The number of amides is 1. The number of carbonyl (C=O) groups is 1. The van der Waals surface area contributed by atoms with Gasteiger partial charge in [-0.15, -0.1) is 0 Å². The number of carboxylic acid groups (broad SMARTS) is 1. The van der Waals surface area contributed by atoms with Crippen molar-refractivity contribution in [1.29, 1.82) is 0 Å². The summed E-state index contributed by atoms with van der Waals surface area (Å²) in [5, 5.41) is 13.5. The second-order valence-corrected chi connectivity index (χ2v) is 18.5. The average molecular weight is 654 g/mol. The van der Waals surface area contributed by atoms with E-state index in [1.54, 1.807) is 6.20 Å². The number of nitrogens with zero attached hydrogens (tertiary/aromatic N) is 6. The van der Waals surface area contributed by atoms with Crippen LogP contribution in [0, 0.1) is 11.6 Å². The SMILES string of the molecule is COc1c(F)cc(F)cc1-c1cn(COCC[Si](C)(C)C)c2ncnc(NCc3cccc(N4C[C@@H](C)N(C(=O)O)[C@@H](C)C4)n3)c12. The lowest BCUT2D eigenvalue weighted by Crippen LogP contribution is -2.58. The number of rotatable bonds is 11. The number of aromatic nitrogens is 4. The molecule has 1 aliphatic rings. The first-order valence-corrected chi connectivity index (χ1v) is 19.0. The van der Waals surface area contributed by atoms with Gasteiger partial charge in [0.25, 0.3) is 0 Å². The summed E-state index contributed by atoms with van der Waals surface area (Å²) in [6.45, 7) is 12.8. The molecule has 0 radical (unpaired) electrons. The van der Waals surface area contributed by atoms with Crippen molar-refractivity contribution in [1.82, 2.24) is 24.4 Å². The van der Waals surface area contributed by atoms with E-state index in [0.29, 0.717) is 48.7 Å². The van der Waals surface area contributed by atoms with Crippen LogP contribution in [0.4, 0.5) is 25.2 Å². The maximum absolute atomic E-state index is 14.9. The number of benzene rings is 1. The Balaban J connectivity index is 1.46. The van der Waals surface area contributed by atoms with Gasteiger partial charge in [0.1, 0.15) is 36.2 Å². The standard InChI is InChI=1S/C32H41F2N7O4Si/c1-20-15-39(16-21(2)41(20)32(42)43)27-9-7-8-23(38-27)14-35-30-28-25(24-12-22(33)13-26(34)29(24)44-3)17-40(31(28)37-18-36-30)19-45-10-11-46(4,5)6/h7-9,12-13,17-18,20-21H,10-11,14-16,19H2,1-6H3,(H,42,43)(H,35,36,37)/t20-,21+. The maximum Gasteiger partial charge on any atom is 0.407 e. The van der Waals surface area contributed by atoms with E-state index >= 15 is 0 Å². The summed E-state index contributed by atoms with van der Waals surface area (Å²) in [7, 11) is 0.0354. The molecule has 0 unspecified atom stereocenters. The number of pyridine rings is 1. The van der Waals surface area contributed by atoms with Crippen molar-refractivity contribution in [2.45, 2.75) is 64.9 Å². The first kappa shape index (κ1) is 33.1. The molecule has 4 aromatic rings. The first-order chi connectivity index (χ1) is 21.9. The fourth-order valence-electron chi connectivity index (χ4n) is 5.87. The fraction of sp³-hybridized carbons (Fsp3) is 0.438. The van der Waals surface area contributed by atoms with E-state index in [0.717, 1.165) is 23.6 Å². The van der Waals surface area contributed by atoms with E-state index in [1.165, 1.54) is 24.4 Å². The minimum absolute atomic E-state index is 0.0873. The molecule has 1 aromatic carbocycles. The second kappa shape index (κ2) is 13.6. The van der Waals surface area contributed by atoms with E-state index in [4.69, 9.17) is 14.5 Å². The van der Waals surface area contributed by atoms with Gasteiger partial charge in [-0.1, -0.05) is 25.7 Å². The highest BCUT2D eigenvalue weighted by Crippen LogP contribution is 2.40. The van der Waals surface area contributed by atoms with E-state index in [1.807, 2.05) is 36.6 Å². The Bertz CT molecular complexity index is 1700. The van der Waals surface area contributed by atoms with Crippen LogP contribution in [0.5, 0.6) is 5.75 Å². The lowest BCUT2D eigenvalue weighted by Gasteiger charge is -2.43. The molecule has 46 heavy (non-hydrogen) atoms. The number of methoxy groups -OCH3 is 1. The van der Waals surface area contributed by atoms with Gasteiger partial charge in [0.15, 0.2) is 11.6 Å². The molecule has 246 valence electrons. The van der Waals surface area contributed by atoms with Crippen molar-refractivity contribution in [2.75, 3.05) is 37.0 Å². The Morgan fingerprint density at radius 2 is 1.85 bits per heavy atom. The lowest BCUT2D eigenvalue weighted by atomic mass is 10.0. The van der Waals surface area contributed by atoms with Gasteiger partial charge in [0.05, 0.1) is 36.8 Å². The maximum atomic E-state index is 14.9. The van der Waals surface area contributed by atoms with Crippen LogP contribution in [0.3, 0.4) is 0 Å².